The molecule has 0 saturated carbocycles. The lowest BCUT2D eigenvalue weighted by Gasteiger charge is -2.19. The molecule has 0 spiro atoms. The summed E-state index contributed by atoms with van der Waals surface area (Å²) < 4.78 is 16.2. The lowest BCUT2D eigenvalue weighted by atomic mass is 10.2. The number of nitrogens with one attached hydrogen (secondary N) is 2. The van der Waals surface area contributed by atoms with Crippen molar-refractivity contribution in [2.24, 2.45) is 0 Å². The van der Waals surface area contributed by atoms with Gasteiger partial charge in [0, 0.05) is 17.3 Å². The number of fused-ring (bicyclic) bond motifs is 1. The van der Waals surface area contributed by atoms with Crippen LogP contribution >= 0.6 is 0 Å². The lowest BCUT2D eigenvalue weighted by molar-refractivity contribution is -0.885. The summed E-state index contributed by atoms with van der Waals surface area (Å²) in [5.41, 5.74) is 1.87. The molecule has 0 fully saturated rings. The molecular formula is C19H23N2O4+. The van der Waals surface area contributed by atoms with Crippen molar-refractivity contribution in [1.29, 1.82) is 0 Å². The molecule has 0 aromatic heterocycles. The van der Waals surface area contributed by atoms with Gasteiger partial charge in [-0.25, -0.2) is 0 Å². The van der Waals surface area contributed by atoms with Crippen LogP contribution in [0.2, 0.25) is 0 Å². The summed E-state index contributed by atoms with van der Waals surface area (Å²) in [7, 11) is 3.64. The lowest BCUT2D eigenvalue weighted by Crippen LogP contribution is -3.08. The molecule has 6 nitrogen and oxygen atoms in total. The first kappa shape index (κ1) is 17.1. The van der Waals surface area contributed by atoms with Crippen molar-refractivity contribution < 1.29 is 23.9 Å². The maximum atomic E-state index is 12.3. The molecule has 1 amide bonds. The number of likely N-dealkylation sites (N-methyl/N-ethyl adjacent to an activating group) is 1. The number of rotatable bonds is 6. The van der Waals surface area contributed by atoms with Gasteiger partial charge in [0.05, 0.1) is 14.2 Å². The zero-order valence-electron chi connectivity index (χ0n) is 14.5. The molecule has 1 aliphatic heterocycles. The molecule has 25 heavy (non-hydrogen) atoms. The second-order valence-corrected chi connectivity index (χ2v) is 6.07. The van der Waals surface area contributed by atoms with Crippen molar-refractivity contribution in [3.05, 3.63) is 48.0 Å². The standard InChI is InChI=1S/C19H22N2O4/c1-21(12-14-3-6-16(23-2)7-4-14)13-19(22)20-15-5-8-17-18(11-15)25-10-9-24-17/h3-8,11H,9-10,12-13H2,1-2H3,(H,20,22)/p+1. The third-order valence-corrected chi connectivity index (χ3v) is 3.95. The van der Waals surface area contributed by atoms with Gasteiger partial charge in [-0.05, 0) is 36.4 Å². The third kappa shape index (κ3) is 4.64. The second kappa shape index (κ2) is 7.90. The number of benzene rings is 2. The Kier molecular flexibility index (Phi) is 5.40. The van der Waals surface area contributed by atoms with E-state index in [1.54, 1.807) is 13.2 Å². The summed E-state index contributed by atoms with van der Waals surface area (Å²) in [4.78, 5) is 13.4. The molecule has 0 radical (unpaired) electrons. The average Bonchev–Trinajstić information content (AvgIpc) is 2.62. The van der Waals surface area contributed by atoms with Gasteiger partial charge in [0.15, 0.2) is 18.0 Å². The highest BCUT2D eigenvalue weighted by molar-refractivity contribution is 5.91. The Morgan fingerprint density at radius 3 is 2.56 bits per heavy atom. The van der Waals surface area contributed by atoms with Gasteiger partial charge in [0.1, 0.15) is 25.5 Å². The van der Waals surface area contributed by atoms with E-state index in [4.69, 9.17) is 14.2 Å². The number of ether oxygens (including phenoxy) is 3. The molecule has 0 saturated heterocycles. The number of carbonyl (C=O) groups is 1. The first-order valence-electron chi connectivity index (χ1n) is 8.28. The third-order valence-electron chi connectivity index (χ3n) is 3.95. The minimum Gasteiger partial charge on any atom is -0.497 e. The van der Waals surface area contributed by atoms with Gasteiger partial charge < -0.3 is 24.4 Å². The van der Waals surface area contributed by atoms with Crippen LogP contribution in [0.15, 0.2) is 42.5 Å². The average molecular weight is 343 g/mol. The van der Waals surface area contributed by atoms with Crippen molar-refractivity contribution in [3.8, 4) is 17.2 Å². The van der Waals surface area contributed by atoms with Crippen LogP contribution in [-0.2, 0) is 11.3 Å². The van der Waals surface area contributed by atoms with E-state index in [1.165, 1.54) is 0 Å². The molecule has 1 aliphatic rings. The predicted molar refractivity (Wildman–Crippen MR) is 94.5 cm³/mol. The Morgan fingerprint density at radius 2 is 1.84 bits per heavy atom. The molecule has 0 bridgehead atoms. The van der Waals surface area contributed by atoms with Crippen molar-refractivity contribution in [2.75, 3.05) is 39.2 Å². The molecule has 3 rings (SSSR count). The van der Waals surface area contributed by atoms with Crippen molar-refractivity contribution >= 4 is 11.6 Å². The number of carbonyl (C=O) groups excluding carboxylic acids is 1. The van der Waals surface area contributed by atoms with Crippen LogP contribution < -0.4 is 24.4 Å². The highest BCUT2D eigenvalue weighted by Gasteiger charge is 2.15. The SMILES string of the molecule is COc1ccc(C[NH+](C)CC(=O)Nc2ccc3c(c2)OCCO3)cc1. The number of methoxy groups -OCH3 is 1. The molecule has 1 unspecified atom stereocenters. The fourth-order valence-corrected chi connectivity index (χ4v) is 2.75. The molecule has 2 N–H and O–H groups in total. The normalized spacial score (nSPS) is 13.8. The van der Waals surface area contributed by atoms with Crippen LogP contribution in [0.3, 0.4) is 0 Å². The maximum absolute atomic E-state index is 12.3. The van der Waals surface area contributed by atoms with Crippen LogP contribution in [0, 0.1) is 0 Å². The van der Waals surface area contributed by atoms with Crippen molar-refractivity contribution in [1.82, 2.24) is 0 Å². The van der Waals surface area contributed by atoms with Gasteiger partial charge in [-0.2, -0.15) is 0 Å². The van der Waals surface area contributed by atoms with E-state index in [0.29, 0.717) is 36.9 Å². The molecule has 2 aromatic rings. The summed E-state index contributed by atoms with van der Waals surface area (Å²) in [5.74, 6) is 2.18. The minimum absolute atomic E-state index is 0.0392. The monoisotopic (exact) mass is 343 g/mol. The van der Waals surface area contributed by atoms with Crippen LogP contribution in [0.5, 0.6) is 17.2 Å². The quantitative estimate of drug-likeness (QED) is 0.825. The zero-order chi connectivity index (χ0) is 17.6. The van der Waals surface area contributed by atoms with Gasteiger partial charge in [-0.1, -0.05) is 0 Å². The zero-order valence-corrected chi connectivity index (χ0v) is 14.5. The Hall–Kier alpha value is -2.73. The highest BCUT2D eigenvalue weighted by Crippen LogP contribution is 2.32. The Balaban J connectivity index is 1.52. The number of anilines is 1. The van der Waals surface area contributed by atoms with E-state index >= 15 is 0 Å². The molecular weight excluding hydrogens is 320 g/mol. The van der Waals surface area contributed by atoms with Gasteiger partial charge in [0.2, 0.25) is 0 Å². The van der Waals surface area contributed by atoms with Crippen LogP contribution in [-0.4, -0.2) is 39.8 Å². The van der Waals surface area contributed by atoms with Gasteiger partial charge in [0.25, 0.3) is 5.91 Å². The number of quaternary nitrogens is 1. The van der Waals surface area contributed by atoms with E-state index in [1.807, 2.05) is 43.4 Å². The smallest absolute Gasteiger partial charge is 0.279 e. The molecule has 0 aliphatic carbocycles. The maximum Gasteiger partial charge on any atom is 0.279 e. The summed E-state index contributed by atoms with van der Waals surface area (Å²) in [6, 6.07) is 13.3. The van der Waals surface area contributed by atoms with E-state index in [-0.39, 0.29) is 5.91 Å². The fraction of sp³-hybridized carbons (Fsp3) is 0.316. The largest absolute Gasteiger partial charge is 0.497 e. The first-order valence-corrected chi connectivity index (χ1v) is 8.28. The molecule has 1 atom stereocenters. The Labute approximate surface area is 147 Å². The van der Waals surface area contributed by atoms with Gasteiger partial charge >= 0.3 is 0 Å². The summed E-state index contributed by atoms with van der Waals surface area (Å²) in [6.07, 6.45) is 0. The Bertz CT molecular complexity index is 731. The van der Waals surface area contributed by atoms with E-state index in [9.17, 15) is 4.79 Å². The van der Waals surface area contributed by atoms with E-state index in [0.717, 1.165) is 22.8 Å². The molecule has 1 heterocycles. The molecule has 132 valence electrons. The number of hydrogen-bond acceptors (Lipinski definition) is 4. The number of amides is 1. The first-order chi connectivity index (χ1) is 12.1. The molecule has 2 aromatic carbocycles. The fourth-order valence-electron chi connectivity index (χ4n) is 2.75. The summed E-state index contributed by atoms with van der Waals surface area (Å²) >= 11 is 0. The molecule has 6 heteroatoms. The van der Waals surface area contributed by atoms with Crippen LogP contribution in [0.4, 0.5) is 5.69 Å². The summed E-state index contributed by atoms with van der Waals surface area (Å²) in [6.45, 7) is 2.22. The second-order valence-electron chi connectivity index (χ2n) is 6.07. The van der Waals surface area contributed by atoms with Crippen molar-refractivity contribution in [2.45, 2.75) is 6.54 Å². The minimum atomic E-state index is -0.0392. The van der Waals surface area contributed by atoms with Gasteiger partial charge in [-0.3, -0.25) is 4.79 Å². The van der Waals surface area contributed by atoms with Crippen LogP contribution in [0.25, 0.3) is 0 Å². The van der Waals surface area contributed by atoms with Gasteiger partial charge in [-0.15, -0.1) is 0 Å². The highest BCUT2D eigenvalue weighted by atomic mass is 16.6. The van der Waals surface area contributed by atoms with E-state index in [2.05, 4.69) is 5.32 Å². The van der Waals surface area contributed by atoms with Crippen molar-refractivity contribution in [3.63, 3.8) is 0 Å². The van der Waals surface area contributed by atoms with E-state index < -0.39 is 0 Å². The van der Waals surface area contributed by atoms with Crippen LogP contribution in [0.1, 0.15) is 5.56 Å². The number of hydrogen-bond donors (Lipinski definition) is 2. The topological polar surface area (TPSA) is 61.2 Å². The summed E-state index contributed by atoms with van der Waals surface area (Å²) in [5, 5.41) is 2.91. The Morgan fingerprint density at radius 1 is 1.12 bits per heavy atom. The predicted octanol–water partition coefficient (Wildman–Crippen LogP) is 1.12.